The Balaban J connectivity index is 1.19. The number of fused-ring (bicyclic) bond motifs is 1. The molecule has 9 nitrogen and oxygen atoms in total. The molecule has 2 fully saturated rings. The Bertz CT molecular complexity index is 1190. The summed E-state index contributed by atoms with van der Waals surface area (Å²) in [5, 5.41) is 5.95. The molecule has 34 heavy (non-hydrogen) atoms. The fourth-order valence-electron chi connectivity index (χ4n) is 4.15. The van der Waals surface area contributed by atoms with Crippen molar-refractivity contribution in [2.24, 2.45) is 0 Å². The molecule has 4 atom stereocenters. The van der Waals surface area contributed by atoms with E-state index >= 15 is 0 Å². The van der Waals surface area contributed by atoms with E-state index in [1.165, 1.54) is 6.92 Å². The van der Waals surface area contributed by atoms with Crippen molar-refractivity contribution in [2.45, 2.75) is 31.3 Å². The number of ketones is 1. The zero-order valence-corrected chi connectivity index (χ0v) is 18.5. The monoisotopic (exact) mass is 460 g/mol. The van der Waals surface area contributed by atoms with Gasteiger partial charge in [-0.05, 0) is 25.1 Å². The molecule has 3 heterocycles. The topological polar surface area (TPSA) is 112 Å². The van der Waals surface area contributed by atoms with Gasteiger partial charge < -0.3 is 19.5 Å². The third-order valence-electron chi connectivity index (χ3n) is 5.82. The summed E-state index contributed by atoms with van der Waals surface area (Å²) in [5.74, 6) is 0.395. The number of anilines is 2. The van der Waals surface area contributed by atoms with Crippen molar-refractivity contribution in [3.05, 3.63) is 72.4 Å². The summed E-state index contributed by atoms with van der Waals surface area (Å²) < 4.78 is 17.4. The Hall–Kier alpha value is -3.82. The van der Waals surface area contributed by atoms with Gasteiger partial charge in [-0.15, -0.1) is 0 Å². The van der Waals surface area contributed by atoms with Crippen molar-refractivity contribution in [3.8, 4) is 11.3 Å². The van der Waals surface area contributed by atoms with E-state index in [-0.39, 0.29) is 24.5 Å². The van der Waals surface area contributed by atoms with Crippen LogP contribution in [0.2, 0.25) is 0 Å². The van der Waals surface area contributed by atoms with E-state index in [0.29, 0.717) is 23.8 Å². The van der Waals surface area contributed by atoms with Gasteiger partial charge in [0.15, 0.2) is 11.9 Å². The first-order valence-corrected chi connectivity index (χ1v) is 11.0. The summed E-state index contributed by atoms with van der Waals surface area (Å²) >= 11 is 0. The van der Waals surface area contributed by atoms with Gasteiger partial charge in [0.1, 0.15) is 12.2 Å². The Kier molecular flexibility index (Phi) is 6.20. The molecule has 2 saturated heterocycles. The zero-order chi connectivity index (χ0) is 23.5. The SMILES string of the molecule is CC(=O)c1cccc(NC(=O)O[C@@H]2CO[C@H]3[C@@H]2OC[C@@H]3Nc2nccc(-c3ccccc3)n2)c1. The summed E-state index contributed by atoms with van der Waals surface area (Å²) in [6.07, 6.45) is -0.178. The molecule has 1 aromatic heterocycles. The lowest BCUT2D eigenvalue weighted by atomic mass is 10.1. The van der Waals surface area contributed by atoms with Crippen molar-refractivity contribution in [3.63, 3.8) is 0 Å². The summed E-state index contributed by atoms with van der Waals surface area (Å²) in [6.45, 7) is 2.06. The van der Waals surface area contributed by atoms with Gasteiger partial charge in [0.2, 0.25) is 5.95 Å². The van der Waals surface area contributed by atoms with Gasteiger partial charge in [-0.3, -0.25) is 10.1 Å². The molecule has 2 N–H and O–H groups in total. The van der Waals surface area contributed by atoms with Gasteiger partial charge in [0.25, 0.3) is 0 Å². The summed E-state index contributed by atoms with van der Waals surface area (Å²) in [6, 6.07) is 18.2. The Morgan fingerprint density at radius 2 is 1.82 bits per heavy atom. The van der Waals surface area contributed by atoms with Crippen LogP contribution in [0.5, 0.6) is 0 Å². The minimum Gasteiger partial charge on any atom is -0.441 e. The number of carbonyl (C=O) groups is 2. The largest absolute Gasteiger partial charge is 0.441 e. The van der Waals surface area contributed by atoms with Crippen LogP contribution in [-0.2, 0) is 14.2 Å². The number of rotatable bonds is 6. The lowest BCUT2D eigenvalue weighted by molar-refractivity contribution is 0.00916. The molecule has 0 saturated carbocycles. The molecule has 3 aromatic rings. The lowest BCUT2D eigenvalue weighted by Gasteiger charge is -2.18. The fourth-order valence-corrected chi connectivity index (χ4v) is 4.15. The van der Waals surface area contributed by atoms with Gasteiger partial charge in [0, 0.05) is 23.0 Å². The Morgan fingerprint density at radius 1 is 1.00 bits per heavy atom. The maximum absolute atomic E-state index is 12.4. The van der Waals surface area contributed by atoms with Gasteiger partial charge in [-0.2, -0.15) is 0 Å². The molecule has 2 aromatic carbocycles. The standard InChI is InChI=1S/C25H24N4O5/c1-15(30)17-8-5-9-18(12-17)27-25(31)34-21-14-33-22-20(13-32-23(21)22)29-24-26-11-10-19(28-24)16-6-3-2-4-7-16/h2-12,20-23H,13-14H2,1H3,(H,27,31)(H,26,28,29)/t20-,21+,22+,23+/m0/s1. The quantitative estimate of drug-likeness (QED) is 0.538. The number of hydrogen-bond donors (Lipinski definition) is 2. The molecule has 0 radical (unpaired) electrons. The van der Waals surface area contributed by atoms with Crippen LogP contribution in [0, 0.1) is 0 Å². The average Bonchev–Trinajstić information content (AvgIpc) is 3.43. The van der Waals surface area contributed by atoms with Crippen molar-refractivity contribution < 1.29 is 23.8 Å². The molecule has 0 aliphatic carbocycles. The van der Waals surface area contributed by atoms with E-state index in [0.717, 1.165) is 11.3 Å². The van der Waals surface area contributed by atoms with E-state index in [1.807, 2.05) is 36.4 Å². The number of carbonyl (C=O) groups excluding carboxylic acids is 2. The van der Waals surface area contributed by atoms with Crippen LogP contribution >= 0.6 is 0 Å². The van der Waals surface area contributed by atoms with Gasteiger partial charge >= 0.3 is 6.09 Å². The number of hydrogen-bond acceptors (Lipinski definition) is 8. The first-order valence-electron chi connectivity index (χ1n) is 11.0. The maximum atomic E-state index is 12.4. The normalized spacial score (nSPS) is 23.2. The van der Waals surface area contributed by atoms with Gasteiger partial charge in [-0.25, -0.2) is 14.8 Å². The van der Waals surface area contributed by atoms with Gasteiger partial charge in [0.05, 0.1) is 24.9 Å². The number of amides is 1. The van der Waals surface area contributed by atoms with E-state index in [9.17, 15) is 9.59 Å². The minimum absolute atomic E-state index is 0.0831. The molecule has 1 amide bonds. The molecular weight excluding hydrogens is 436 g/mol. The molecule has 5 rings (SSSR count). The van der Waals surface area contributed by atoms with Crippen LogP contribution in [-0.4, -0.2) is 59.4 Å². The molecular formula is C25H24N4O5. The third kappa shape index (κ3) is 4.75. The van der Waals surface area contributed by atoms with Crippen LogP contribution in [0.4, 0.5) is 16.4 Å². The summed E-state index contributed by atoms with van der Waals surface area (Å²) in [4.78, 5) is 32.9. The van der Waals surface area contributed by atoms with Crippen molar-refractivity contribution >= 4 is 23.5 Å². The second-order valence-electron chi connectivity index (χ2n) is 8.18. The first kappa shape index (κ1) is 22.0. The molecule has 0 spiro atoms. The maximum Gasteiger partial charge on any atom is 0.412 e. The molecule has 0 unspecified atom stereocenters. The molecule has 9 heteroatoms. The second-order valence-corrected chi connectivity index (χ2v) is 8.18. The molecule has 0 bridgehead atoms. The Labute approximate surface area is 196 Å². The smallest absolute Gasteiger partial charge is 0.412 e. The summed E-state index contributed by atoms with van der Waals surface area (Å²) in [5.41, 5.74) is 2.80. The Morgan fingerprint density at radius 3 is 2.65 bits per heavy atom. The number of aromatic nitrogens is 2. The minimum atomic E-state index is -0.631. The lowest BCUT2D eigenvalue weighted by Crippen LogP contribution is -2.38. The van der Waals surface area contributed by atoms with Crippen LogP contribution in [0.25, 0.3) is 11.3 Å². The van der Waals surface area contributed by atoms with E-state index in [1.54, 1.807) is 30.5 Å². The van der Waals surface area contributed by atoms with E-state index < -0.39 is 18.3 Å². The van der Waals surface area contributed by atoms with E-state index in [2.05, 4.69) is 20.6 Å². The van der Waals surface area contributed by atoms with Crippen molar-refractivity contribution in [2.75, 3.05) is 23.8 Å². The zero-order valence-electron chi connectivity index (χ0n) is 18.5. The van der Waals surface area contributed by atoms with Crippen LogP contribution in [0.3, 0.4) is 0 Å². The highest BCUT2D eigenvalue weighted by Gasteiger charge is 2.49. The van der Waals surface area contributed by atoms with E-state index in [4.69, 9.17) is 14.2 Å². The van der Waals surface area contributed by atoms with Crippen LogP contribution < -0.4 is 10.6 Å². The number of nitrogens with one attached hydrogen (secondary N) is 2. The third-order valence-corrected chi connectivity index (χ3v) is 5.82. The highest BCUT2D eigenvalue weighted by molar-refractivity contribution is 5.96. The summed E-state index contributed by atoms with van der Waals surface area (Å²) in [7, 11) is 0. The average molecular weight is 460 g/mol. The van der Waals surface area contributed by atoms with Gasteiger partial charge in [-0.1, -0.05) is 42.5 Å². The number of ether oxygens (including phenoxy) is 3. The number of benzene rings is 2. The number of nitrogens with zero attached hydrogens (tertiary/aromatic N) is 2. The molecule has 2 aliphatic rings. The number of Topliss-reactive ketones (excluding diaryl/α,β-unsaturated/α-hetero) is 1. The predicted molar refractivity (Wildman–Crippen MR) is 125 cm³/mol. The second kappa shape index (κ2) is 9.58. The van der Waals surface area contributed by atoms with Crippen molar-refractivity contribution in [1.29, 1.82) is 0 Å². The first-order chi connectivity index (χ1) is 16.6. The molecule has 2 aliphatic heterocycles. The predicted octanol–water partition coefficient (Wildman–Crippen LogP) is 3.54. The molecule has 174 valence electrons. The van der Waals surface area contributed by atoms with Crippen LogP contribution in [0.15, 0.2) is 66.9 Å². The van der Waals surface area contributed by atoms with Crippen molar-refractivity contribution in [1.82, 2.24) is 9.97 Å². The van der Waals surface area contributed by atoms with Crippen LogP contribution in [0.1, 0.15) is 17.3 Å². The highest BCUT2D eigenvalue weighted by atomic mass is 16.6. The fraction of sp³-hybridized carbons (Fsp3) is 0.280. The highest BCUT2D eigenvalue weighted by Crippen LogP contribution is 2.31.